The molecule has 0 saturated heterocycles. The van der Waals surface area contributed by atoms with Gasteiger partial charge in [-0.25, -0.2) is 0 Å². The second-order valence-electron chi connectivity index (χ2n) is 8.01. The molecule has 3 aliphatic carbocycles. The van der Waals surface area contributed by atoms with E-state index in [1.165, 1.54) is 0 Å². The predicted molar refractivity (Wildman–Crippen MR) is 78.8 cm³/mol. The molecule has 0 amide bonds. The Bertz CT molecular complexity index is 443. The summed E-state index contributed by atoms with van der Waals surface area (Å²) in [5, 5.41) is 10.7. The SMILES string of the molecule is CC(C)(C)OC(=O)CN=C1CC2CC(C2(C)C)[C@]1(C)O. The quantitative estimate of drug-likeness (QED) is 0.791. The van der Waals surface area contributed by atoms with Crippen molar-refractivity contribution in [3.8, 4) is 0 Å². The summed E-state index contributed by atoms with van der Waals surface area (Å²) >= 11 is 0. The Labute approximate surface area is 121 Å². The van der Waals surface area contributed by atoms with E-state index >= 15 is 0 Å². The predicted octanol–water partition coefficient (Wildman–Crippen LogP) is 2.59. The highest BCUT2D eigenvalue weighted by Crippen LogP contribution is 2.61. The van der Waals surface area contributed by atoms with Crippen LogP contribution in [0.3, 0.4) is 0 Å². The number of aliphatic hydroxyl groups is 1. The molecule has 0 aliphatic heterocycles. The maximum absolute atomic E-state index is 11.7. The fraction of sp³-hybridized carbons (Fsp3) is 0.875. The first-order valence-corrected chi connectivity index (χ1v) is 7.42. The summed E-state index contributed by atoms with van der Waals surface area (Å²) in [6.07, 6.45) is 1.85. The van der Waals surface area contributed by atoms with Gasteiger partial charge in [-0.3, -0.25) is 9.79 Å². The van der Waals surface area contributed by atoms with Gasteiger partial charge in [-0.1, -0.05) is 13.8 Å². The second-order valence-corrected chi connectivity index (χ2v) is 8.01. The first-order valence-electron chi connectivity index (χ1n) is 7.42. The summed E-state index contributed by atoms with van der Waals surface area (Å²) < 4.78 is 5.25. The molecule has 3 rings (SSSR count). The Morgan fingerprint density at radius 2 is 2.00 bits per heavy atom. The molecular formula is C16H27NO3. The van der Waals surface area contributed by atoms with Crippen LogP contribution in [0, 0.1) is 17.3 Å². The standard InChI is InChI=1S/C16H27NO3/c1-14(2,3)20-13(18)9-17-12-8-10-7-11(15(10,4)5)16(12,6)19/h10-11,19H,7-9H2,1-6H3/t10?,11?,16-/m0/s1. The molecule has 3 atom stereocenters. The van der Waals surface area contributed by atoms with Gasteiger partial charge < -0.3 is 9.84 Å². The van der Waals surface area contributed by atoms with Gasteiger partial charge in [-0.05, 0) is 57.8 Å². The smallest absolute Gasteiger partial charge is 0.328 e. The molecule has 1 N–H and O–H groups in total. The highest BCUT2D eigenvalue weighted by Gasteiger charge is 2.61. The maximum Gasteiger partial charge on any atom is 0.328 e. The van der Waals surface area contributed by atoms with Crippen molar-refractivity contribution in [3.05, 3.63) is 0 Å². The number of nitrogens with zero attached hydrogens (tertiary/aromatic N) is 1. The first-order chi connectivity index (χ1) is 8.94. The van der Waals surface area contributed by atoms with Crippen LogP contribution in [0.5, 0.6) is 0 Å². The lowest BCUT2D eigenvalue weighted by Crippen LogP contribution is -2.64. The molecule has 0 heterocycles. The van der Waals surface area contributed by atoms with Crippen LogP contribution in [-0.4, -0.2) is 34.5 Å². The number of rotatable bonds is 2. The lowest BCUT2D eigenvalue weighted by atomic mass is 9.44. The maximum atomic E-state index is 11.7. The van der Waals surface area contributed by atoms with Crippen molar-refractivity contribution in [1.29, 1.82) is 0 Å². The van der Waals surface area contributed by atoms with E-state index in [1.807, 2.05) is 27.7 Å². The van der Waals surface area contributed by atoms with Crippen LogP contribution in [0.2, 0.25) is 0 Å². The molecule has 4 nitrogen and oxygen atoms in total. The van der Waals surface area contributed by atoms with E-state index in [0.717, 1.165) is 18.6 Å². The molecule has 3 fully saturated rings. The largest absolute Gasteiger partial charge is 0.459 e. The van der Waals surface area contributed by atoms with Gasteiger partial charge in [0.1, 0.15) is 17.7 Å². The van der Waals surface area contributed by atoms with Crippen molar-refractivity contribution in [1.82, 2.24) is 0 Å². The minimum Gasteiger partial charge on any atom is -0.459 e. The molecule has 0 aromatic rings. The van der Waals surface area contributed by atoms with Crippen LogP contribution in [0.1, 0.15) is 54.4 Å². The first kappa shape index (κ1) is 15.5. The van der Waals surface area contributed by atoms with Gasteiger partial charge in [0.25, 0.3) is 0 Å². The molecule has 114 valence electrons. The number of aliphatic imine (C=N–C) groups is 1. The third-order valence-corrected chi connectivity index (χ3v) is 4.99. The topological polar surface area (TPSA) is 58.9 Å². The molecular weight excluding hydrogens is 254 g/mol. The number of hydrogen-bond acceptors (Lipinski definition) is 4. The Hall–Kier alpha value is -0.900. The number of carbonyl (C=O) groups excluding carboxylic acids is 1. The minimum absolute atomic E-state index is 0.00260. The third kappa shape index (κ3) is 2.62. The summed E-state index contributed by atoms with van der Waals surface area (Å²) in [4.78, 5) is 16.1. The van der Waals surface area contributed by atoms with Crippen molar-refractivity contribution in [2.75, 3.05) is 6.54 Å². The number of hydrogen-bond donors (Lipinski definition) is 1. The second kappa shape index (κ2) is 4.55. The van der Waals surface area contributed by atoms with E-state index in [1.54, 1.807) is 0 Å². The lowest BCUT2D eigenvalue weighted by molar-refractivity contribution is -0.153. The third-order valence-electron chi connectivity index (χ3n) is 4.99. The van der Waals surface area contributed by atoms with E-state index in [-0.39, 0.29) is 23.8 Å². The minimum atomic E-state index is -0.889. The molecule has 3 saturated carbocycles. The van der Waals surface area contributed by atoms with E-state index in [9.17, 15) is 9.90 Å². The monoisotopic (exact) mass is 281 g/mol. The van der Waals surface area contributed by atoms with E-state index < -0.39 is 11.2 Å². The molecule has 2 bridgehead atoms. The molecule has 2 unspecified atom stereocenters. The van der Waals surface area contributed by atoms with Crippen LogP contribution in [0.4, 0.5) is 0 Å². The molecule has 3 aliphatic rings. The Balaban J connectivity index is 2.04. The van der Waals surface area contributed by atoms with E-state index in [0.29, 0.717) is 5.92 Å². The van der Waals surface area contributed by atoms with Gasteiger partial charge >= 0.3 is 5.97 Å². The van der Waals surface area contributed by atoms with Crippen LogP contribution >= 0.6 is 0 Å². The Kier molecular flexibility index (Phi) is 3.52. The average Bonchev–Trinajstić information content (AvgIpc) is 2.23. The van der Waals surface area contributed by atoms with Crippen molar-refractivity contribution < 1.29 is 14.6 Å². The zero-order valence-corrected chi connectivity index (χ0v) is 13.5. The summed E-state index contributed by atoms with van der Waals surface area (Å²) in [6, 6.07) is 0. The number of ether oxygens (including phenoxy) is 1. The fourth-order valence-corrected chi connectivity index (χ4v) is 3.72. The highest BCUT2D eigenvalue weighted by atomic mass is 16.6. The zero-order chi connectivity index (χ0) is 15.3. The average molecular weight is 281 g/mol. The van der Waals surface area contributed by atoms with Gasteiger partial charge in [0.2, 0.25) is 0 Å². The summed E-state index contributed by atoms with van der Waals surface area (Å²) in [7, 11) is 0. The van der Waals surface area contributed by atoms with Gasteiger partial charge in [0.05, 0.1) is 0 Å². The molecule has 0 radical (unpaired) electrons. The Morgan fingerprint density at radius 1 is 1.40 bits per heavy atom. The van der Waals surface area contributed by atoms with Crippen molar-refractivity contribution in [2.24, 2.45) is 22.2 Å². The van der Waals surface area contributed by atoms with E-state index in [2.05, 4.69) is 18.8 Å². The van der Waals surface area contributed by atoms with Gasteiger partial charge in [0.15, 0.2) is 0 Å². The molecule has 20 heavy (non-hydrogen) atoms. The molecule has 0 spiro atoms. The number of esters is 1. The van der Waals surface area contributed by atoms with Crippen molar-refractivity contribution in [2.45, 2.75) is 65.6 Å². The summed E-state index contributed by atoms with van der Waals surface area (Å²) in [6.45, 7) is 11.8. The molecule has 0 aromatic carbocycles. The lowest BCUT2D eigenvalue weighted by Gasteiger charge is -2.62. The highest BCUT2D eigenvalue weighted by molar-refractivity contribution is 5.95. The molecule has 4 heteroatoms. The van der Waals surface area contributed by atoms with E-state index in [4.69, 9.17) is 4.74 Å². The normalized spacial score (nSPS) is 37.5. The van der Waals surface area contributed by atoms with Crippen LogP contribution < -0.4 is 0 Å². The van der Waals surface area contributed by atoms with Gasteiger partial charge in [0, 0.05) is 5.71 Å². The van der Waals surface area contributed by atoms with Crippen LogP contribution in [-0.2, 0) is 9.53 Å². The summed E-state index contributed by atoms with van der Waals surface area (Å²) in [5.74, 6) is 0.482. The van der Waals surface area contributed by atoms with Crippen LogP contribution in [0.15, 0.2) is 4.99 Å². The zero-order valence-electron chi connectivity index (χ0n) is 13.5. The van der Waals surface area contributed by atoms with Crippen molar-refractivity contribution >= 4 is 11.7 Å². The number of fused-ring (bicyclic) bond motifs is 2. The van der Waals surface area contributed by atoms with Crippen LogP contribution in [0.25, 0.3) is 0 Å². The summed E-state index contributed by atoms with van der Waals surface area (Å²) in [5.41, 5.74) is -0.436. The fourth-order valence-electron chi connectivity index (χ4n) is 3.72. The van der Waals surface area contributed by atoms with Gasteiger partial charge in [-0.15, -0.1) is 0 Å². The number of carbonyl (C=O) groups is 1. The molecule has 0 aromatic heterocycles. The van der Waals surface area contributed by atoms with Gasteiger partial charge in [-0.2, -0.15) is 0 Å². The Morgan fingerprint density at radius 3 is 2.45 bits per heavy atom. The van der Waals surface area contributed by atoms with Crippen molar-refractivity contribution in [3.63, 3.8) is 0 Å².